The summed E-state index contributed by atoms with van der Waals surface area (Å²) in [5, 5.41) is 18.5. The fourth-order valence-corrected chi connectivity index (χ4v) is 2.20. The summed E-state index contributed by atoms with van der Waals surface area (Å²) in [5.74, 6) is -3.10. The van der Waals surface area contributed by atoms with Gasteiger partial charge in [-0.1, -0.05) is 50.5 Å². The van der Waals surface area contributed by atoms with Crippen molar-refractivity contribution < 1.29 is 19.8 Å². The highest BCUT2D eigenvalue weighted by molar-refractivity contribution is 5.87. The molecule has 1 aliphatic carbocycles. The van der Waals surface area contributed by atoms with Crippen molar-refractivity contribution in [2.75, 3.05) is 0 Å². The zero-order valence-corrected chi connectivity index (χ0v) is 9.93. The number of carboxylic acid groups (broad SMARTS) is 2. The lowest BCUT2D eigenvalue weighted by Crippen LogP contribution is -2.41. The number of carbonyl (C=O) groups is 2. The van der Waals surface area contributed by atoms with Gasteiger partial charge in [0.05, 0.1) is 5.92 Å². The molecule has 0 spiro atoms. The number of carboxylic acids is 2. The molecule has 4 heteroatoms. The van der Waals surface area contributed by atoms with Gasteiger partial charge in [0.15, 0.2) is 0 Å². The summed E-state index contributed by atoms with van der Waals surface area (Å²) < 4.78 is 0. The van der Waals surface area contributed by atoms with Crippen LogP contribution in [-0.4, -0.2) is 22.2 Å². The molecule has 0 saturated heterocycles. The number of allylic oxidation sites excluding steroid dienone is 2. The summed E-state index contributed by atoms with van der Waals surface area (Å²) in [7, 11) is 0. The largest absolute Gasteiger partial charge is 0.481 e. The van der Waals surface area contributed by atoms with E-state index in [0.717, 1.165) is 19.3 Å². The number of unbranched alkanes of at least 4 members (excludes halogenated alkanes) is 2. The normalized spacial score (nSPS) is 27.0. The van der Waals surface area contributed by atoms with Gasteiger partial charge in [0.25, 0.3) is 0 Å². The molecule has 0 amide bonds. The minimum Gasteiger partial charge on any atom is -0.481 e. The van der Waals surface area contributed by atoms with Crippen LogP contribution < -0.4 is 0 Å². The molecule has 1 rings (SSSR count). The Morgan fingerprint density at radius 1 is 1.24 bits per heavy atom. The molecule has 0 bridgehead atoms. The van der Waals surface area contributed by atoms with Crippen molar-refractivity contribution >= 4 is 11.9 Å². The third kappa shape index (κ3) is 2.75. The standard InChI is InChI=1S/C13H18O4/c1-2-3-5-8-13(12(16)17)9-6-4-7-10(13)11(14)15/h4,6-7,9-10H,2-3,5,8H2,1H3,(H,14,15)(H,16,17). The molecule has 2 N–H and O–H groups in total. The van der Waals surface area contributed by atoms with Gasteiger partial charge in [-0.2, -0.15) is 0 Å². The quantitative estimate of drug-likeness (QED) is 0.697. The van der Waals surface area contributed by atoms with E-state index >= 15 is 0 Å². The van der Waals surface area contributed by atoms with Crippen LogP contribution in [0.4, 0.5) is 0 Å². The van der Waals surface area contributed by atoms with Gasteiger partial charge in [-0.3, -0.25) is 9.59 Å². The van der Waals surface area contributed by atoms with Crippen molar-refractivity contribution in [3.05, 3.63) is 24.3 Å². The maximum absolute atomic E-state index is 11.4. The molecule has 1 aliphatic rings. The maximum Gasteiger partial charge on any atom is 0.314 e. The van der Waals surface area contributed by atoms with Crippen molar-refractivity contribution in [2.24, 2.45) is 11.3 Å². The lowest BCUT2D eigenvalue weighted by atomic mass is 9.69. The molecule has 0 aliphatic heterocycles. The zero-order chi connectivity index (χ0) is 12.9. The highest BCUT2D eigenvalue weighted by Crippen LogP contribution is 2.39. The van der Waals surface area contributed by atoms with Gasteiger partial charge >= 0.3 is 11.9 Å². The summed E-state index contributed by atoms with van der Waals surface area (Å²) in [6.07, 6.45) is 9.19. The highest BCUT2D eigenvalue weighted by atomic mass is 16.4. The van der Waals surface area contributed by atoms with E-state index in [4.69, 9.17) is 5.11 Å². The predicted octanol–water partition coefficient (Wildman–Crippen LogP) is 2.46. The molecule has 4 nitrogen and oxygen atoms in total. The fourth-order valence-electron chi connectivity index (χ4n) is 2.20. The van der Waals surface area contributed by atoms with Gasteiger partial charge in [0, 0.05) is 0 Å². The van der Waals surface area contributed by atoms with Crippen LogP contribution in [0, 0.1) is 11.3 Å². The maximum atomic E-state index is 11.4. The summed E-state index contributed by atoms with van der Waals surface area (Å²) in [6.45, 7) is 2.03. The molecule has 0 aromatic heterocycles. The van der Waals surface area contributed by atoms with E-state index in [2.05, 4.69) is 0 Å². The molecule has 0 radical (unpaired) electrons. The van der Waals surface area contributed by atoms with Crippen LogP contribution in [0.25, 0.3) is 0 Å². The number of rotatable bonds is 6. The molecule has 0 aromatic rings. The first-order valence-corrected chi connectivity index (χ1v) is 5.87. The average molecular weight is 238 g/mol. The Balaban J connectivity index is 2.95. The van der Waals surface area contributed by atoms with Crippen molar-refractivity contribution in [3.63, 3.8) is 0 Å². The van der Waals surface area contributed by atoms with Crippen LogP contribution >= 0.6 is 0 Å². The minimum absolute atomic E-state index is 0.369. The summed E-state index contributed by atoms with van der Waals surface area (Å²) >= 11 is 0. The van der Waals surface area contributed by atoms with Gasteiger partial charge in [-0.25, -0.2) is 0 Å². The SMILES string of the molecule is CCCCCC1(C(=O)O)C=CC=CC1C(=O)O. The Morgan fingerprint density at radius 3 is 2.47 bits per heavy atom. The van der Waals surface area contributed by atoms with Gasteiger partial charge in [-0.15, -0.1) is 0 Å². The van der Waals surface area contributed by atoms with E-state index in [1.807, 2.05) is 6.92 Å². The van der Waals surface area contributed by atoms with Gasteiger partial charge in [-0.05, 0) is 6.42 Å². The first kappa shape index (κ1) is 13.5. The van der Waals surface area contributed by atoms with Crippen molar-refractivity contribution in [1.82, 2.24) is 0 Å². The molecular weight excluding hydrogens is 220 g/mol. The van der Waals surface area contributed by atoms with Gasteiger partial charge in [0.1, 0.15) is 5.41 Å². The molecule has 0 fully saturated rings. The fraction of sp³-hybridized carbons (Fsp3) is 0.538. The Bertz CT molecular complexity index is 356. The topological polar surface area (TPSA) is 74.6 Å². The molecule has 94 valence electrons. The van der Waals surface area contributed by atoms with E-state index in [9.17, 15) is 14.7 Å². The Hall–Kier alpha value is -1.58. The van der Waals surface area contributed by atoms with Crippen LogP contribution in [-0.2, 0) is 9.59 Å². The van der Waals surface area contributed by atoms with E-state index < -0.39 is 23.3 Å². The Labute approximate surface area is 101 Å². The third-order valence-electron chi connectivity index (χ3n) is 3.22. The van der Waals surface area contributed by atoms with Crippen LogP contribution in [0.2, 0.25) is 0 Å². The second-order valence-corrected chi connectivity index (χ2v) is 4.36. The molecule has 2 atom stereocenters. The Morgan fingerprint density at radius 2 is 1.94 bits per heavy atom. The van der Waals surface area contributed by atoms with Crippen LogP contribution in [0.15, 0.2) is 24.3 Å². The number of aliphatic carboxylic acids is 2. The second kappa shape index (κ2) is 5.66. The first-order chi connectivity index (χ1) is 8.04. The average Bonchev–Trinajstić information content (AvgIpc) is 2.29. The van der Waals surface area contributed by atoms with E-state index in [1.54, 1.807) is 12.2 Å². The van der Waals surface area contributed by atoms with Crippen LogP contribution in [0.1, 0.15) is 32.6 Å². The summed E-state index contributed by atoms with van der Waals surface area (Å²) in [5.41, 5.74) is -1.28. The lowest BCUT2D eigenvalue weighted by molar-refractivity contribution is -0.157. The zero-order valence-electron chi connectivity index (χ0n) is 9.93. The van der Waals surface area contributed by atoms with Gasteiger partial charge < -0.3 is 10.2 Å². The van der Waals surface area contributed by atoms with Crippen LogP contribution in [0.3, 0.4) is 0 Å². The molecule has 0 saturated carbocycles. The third-order valence-corrected chi connectivity index (χ3v) is 3.22. The van der Waals surface area contributed by atoms with E-state index in [-0.39, 0.29) is 0 Å². The number of hydrogen-bond acceptors (Lipinski definition) is 2. The monoisotopic (exact) mass is 238 g/mol. The van der Waals surface area contributed by atoms with Gasteiger partial charge in [0.2, 0.25) is 0 Å². The summed E-state index contributed by atoms with van der Waals surface area (Å²) in [4.78, 5) is 22.6. The first-order valence-electron chi connectivity index (χ1n) is 5.87. The molecule has 17 heavy (non-hydrogen) atoms. The number of hydrogen-bond donors (Lipinski definition) is 2. The lowest BCUT2D eigenvalue weighted by Gasteiger charge is -2.32. The molecular formula is C13H18O4. The highest BCUT2D eigenvalue weighted by Gasteiger charge is 2.46. The molecule has 0 aromatic carbocycles. The van der Waals surface area contributed by atoms with Crippen molar-refractivity contribution in [3.8, 4) is 0 Å². The molecule has 2 unspecified atom stereocenters. The van der Waals surface area contributed by atoms with E-state index in [0.29, 0.717) is 6.42 Å². The predicted molar refractivity (Wildman–Crippen MR) is 63.6 cm³/mol. The second-order valence-electron chi connectivity index (χ2n) is 4.36. The molecule has 0 heterocycles. The van der Waals surface area contributed by atoms with Crippen molar-refractivity contribution in [1.29, 1.82) is 0 Å². The van der Waals surface area contributed by atoms with Crippen LogP contribution in [0.5, 0.6) is 0 Å². The smallest absolute Gasteiger partial charge is 0.314 e. The minimum atomic E-state index is -1.28. The Kier molecular flexibility index (Phi) is 4.49. The van der Waals surface area contributed by atoms with Crippen molar-refractivity contribution in [2.45, 2.75) is 32.6 Å². The van der Waals surface area contributed by atoms with E-state index in [1.165, 1.54) is 12.2 Å². The summed E-state index contributed by atoms with van der Waals surface area (Å²) in [6, 6.07) is 0.